The number of aliphatic imine (C=N–C) groups is 1. The number of amides is 2. The van der Waals surface area contributed by atoms with Crippen molar-refractivity contribution < 1.29 is 19.2 Å². The Kier molecular flexibility index (Phi) is 6.13. The normalized spacial score (nSPS) is 19.3. The lowest BCUT2D eigenvalue weighted by atomic mass is 10.2. The molecule has 166 valence electrons. The molecule has 1 aliphatic heterocycles. The van der Waals surface area contributed by atoms with Gasteiger partial charge in [-0.05, 0) is 37.5 Å². The van der Waals surface area contributed by atoms with E-state index in [0.717, 1.165) is 24.1 Å². The van der Waals surface area contributed by atoms with Crippen molar-refractivity contribution in [2.75, 3.05) is 12.4 Å². The third kappa shape index (κ3) is 4.59. The average Bonchev–Trinajstić information content (AvgIpc) is 3.55. The maximum absolute atomic E-state index is 13.1. The molecule has 10 heteroatoms. The van der Waals surface area contributed by atoms with E-state index in [9.17, 15) is 19.7 Å². The summed E-state index contributed by atoms with van der Waals surface area (Å²) in [5.74, 6) is -0.260. The minimum absolute atomic E-state index is 0.0780. The second-order valence-electron chi connectivity index (χ2n) is 7.62. The molecule has 1 saturated heterocycles. The number of anilines is 1. The van der Waals surface area contributed by atoms with Crippen LogP contribution < -0.4 is 10.1 Å². The lowest BCUT2D eigenvalue weighted by Gasteiger charge is -2.15. The topological polar surface area (TPSA) is 114 Å². The lowest BCUT2D eigenvalue weighted by molar-refractivity contribution is -0.384. The zero-order valence-corrected chi connectivity index (χ0v) is 18.4. The number of nitrogens with one attached hydrogen (secondary N) is 1. The Balaban J connectivity index is 1.52. The number of thioether (sulfide) groups is 1. The van der Waals surface area contributed by atoms with Gasteiger partial charge in [-0.15, -0.1) is 0 Å². The zero-order valence-electron chi connectivity index (χ0n) is 17.6. The maximum Gasteiger partial charge on any atom is 0.271 e. The monoisotopic (exact) mass is 454 g/mol. The molecule has 0 bridgehead atoms. The number of carbonyl (C=O) groups excluding carboxylic acids is 2. The SMILES string of the molecule is COc1ccc([N+](=O)[O-])cc1NC(=O)CC1SC(=Nc2ccccc2C)N(C2CC2)C1=O. The van der Waals surface area contributed by atoms with E-state index in [-0.39, 0.29) is 29.7 Å². The van der Waals surface area contributed by atoms with E-state index in [1.165, 1.54) is 37.1 Å². The molecule has 1 heterocycles. The number of benzene rings is 2. The molecular weight excluding hydrogens is 432 g/mol. The predicted octanol–water partition coefficient (Wildman–Crippen LogP) is 4.03. The summed E-state index contributed by atoms with van der Waals surface area (Å²) in [5.41, 5.74) is 1.82. The number of ether oxygens (including phenoxy) is 1. The van der Waals surface area contributed by atoms with Crippen molar-refractivity contribution in [2.45, 2.75) is 37.5 Å². The minimum Gasteiger partial charge on any atom is -0.495 e. The first-order valence-electron chi connectivity index (χ1n) is 10.1. The van der Waals surface area contributed by atoms with Gasteiger partial charge in [0.2, 0.25) is 11.8 Å². The van der Waals surface area contributed by atoms with Crippen molar-refractivity contribution in [3.8, 4) is 5.75 Å². The second kappa shape index (κ2) is 8.99. The van der Waals surface area contributed by atoms with Gasteiger partial charge in [-0.3, -0.25) is 24.6 Å². The molecule has 2 amide bonds. The van der Waals surface area contributed by atoms with Gasteiger partial charge in [-0.25, -0.2) is 4.99 Å². The van der Waals surface area contributed by atoms with Crippen molar-refractivity contribution in [2.24, 2.45) is 4.99 Å². The number of non-ortho nitro benzene ring substituents is 1. The summed E-state index contributed by atoms with van der Waals surface area (Å²) in [6, 6.07) is 11.8. The van der Waals surface area contributed by atoms with Gasteiger partial charge in [0.25, 0.3) is 5.69 Å². The van der Waals surface area contributed by atoms with Crippen LogP contribution in [-0.2, 0) is 9.59 Å². The number of amidine groups is 1. The number of para-hydroxylation sites is 1. The number of rotatable bonds is 7. The van der Waals surface area contributed by atoms with E-state index < -0.39 is 16.1 Å². The van der Waals surface area contributed by atoms with Crippen LogP contribution in [0.4, 0.5) is 17.1 Å². The highest BCUT2D eigenvalue weighted by atomic mass is 32.2. The van der Waals surface area contributed by atoms with Crippen LogP contribution in [0.5, 0.6) is 5.75 Å². The van der Waals surface area contributed by atoms with E-state index >= 15 is 0 Å². The van der Waals surface area contributed by atoms with E-state index in [0.29, 0.717) is 10.9 Å². The number of nitro benzene ring substituents is 1. The molecule has 0 spiro atoms. The predicted molar refractivity (Wildman–Crippen MR) is 122 cm³/mol. The summed E-state index contributed by atoms with van der Waals surface area (Å²) in [6.45, 7) is 1.96. The number of carbonyl (C=O) groups is 2. The minimum atomic E-state index is -0.608. The molecule has 4 rings (SSSR count). The molecule has 2 aromatic carbocycles. The fraction of sp³-hybridized carbons (Fsp3) is 0.318. The van der Waals surface area contributed by atoms with Gasteiger partial charge in [0, 0.05) is 24.6 Å². The molecule has 1 N–H and O–H groups in total. The molecule has 2 aromatic rings. The highest BCUT2D eigenvalue weighted by molar-refractivity contribution is 8.15. The summed E-state index contributed by atoms with van der Waals surface area (Å²) in [6.07, 6.45) is 1.76. The standard InChI is InChI=1S/C22H22N4O5S/c1-13-5-3-4-6-16(13)24-22-25(14-7-8-14)21(28)19(32-22)12-20(27)23-17-11-15(26(29)30)9-10-18(17)31-2/h3-6,9-11,14,19H,7-8,12H2,1-2H3,(H,23,27). The van der Waals surface area contributed by atoms with Crippen LogP contribution in [0.3, 0.4) is 0 Å². The molecule has 1 atom stereocenters. The molecule has 2 aliphatic rings. The number of aryl methyl sites for hydroxylation is 1. The highest BCUT2D eigenvalue weighted by Crippen LogP contribution is 2.40. The maximum atomic E-state index is 13.1. The van der Waals surface area contributed by atoms with Gasteiger partial charge in [-0.2, -0.15) is 0 Å². The molecule has 32 heavy (non-hydrogen) atoms. The number of nitrogens with zero attached hydrogens (tertiary/aromatic N) is 3. The Morgan fingerprint density at radius 1 is 1.31 bits per heavy atom. The Morgan fingerprint density at radius 3 is 2.72 bits per heavy atom. The summed E-state index contributed by atoms with van der Waals surface area (Å²) in [7, 11) is 1.41. The zero-order chi connectivity index (χ0) is 22.8. The van der Waals surface area contributed by atoms with Gasteiger partial charge >= 0.3 is 0 Å². The lowest BCUT2D eigenvalue weighted by Crippen LogP contribution is -2.35. The number of nitro groups is 1. The summed E-state index contributed by atoms with van der Waals surface area (Å²) in [5, 5.41) is 13.7. The first kappa shape index (κ1) is 21.8. The summed E-state index contributed by atoms with van der Waals surface area (Å²) >= 11 is 1.28. The van der Waals surface area contributed by atoms with Crippen LogP contribution in [0.2, 0.25) is 0 Å². The van der Waals surface area contributed by atoms with Crippen LogP contribution in [0.25, 0.3) is 0 Å². The first-order chi connectivity index (χ1) is 15.4. The van der Waals surface area contributed by atoms with Crippen molar-refractivity contribution in [1.82, 2.24) is 4.90 Å². The molecule has 1 saturated carbocycles. The third-order valence-electron chi connectivity index (χ3n) is 5.25. The molecule has 2 fully saturated rings. The molecular formula is C22H22N4O5S. The molecule has 0 aromatic heterocycles. The van der Waals surface area contributed by atoms with E-state index in [2.05, 4.69) is 5.32 Å². The van der Waals surface area contributed by atoms with E-state index in [4.69, 9.17) is 9.73 Å². The van der Waals surface area contributed by atoms with E-state index in [1.54, 1.807) is 4.90 Å². The Hall–Kier alpha value is -3.40. The van der Waals surface area contributed by atoms with Crippen molar-refractivity contribution in [1.29, 1.82) is 0 Å². The van der Waals surface area contributed by atoms with Crippen molar-refractivity contribution >= 4 is 45.8 Å². The fourth-order valence-electron chi connectivity index (χ4n) is 3.43. The van der Waals surface area contributed by atoms with Gasteiger partial charge in [0.15, 0.2) is 5.17 Å². The smallest absolute Gasteiger partial charge is 0.271 e. The number of methoxy groups -OCH3 is 1. The van der Waals surface area contributed by atoms with Gasteiger partial charge in [0.05, 0.1) is 23.4 Å². The van der Waals surface area contributed by atoms with Crippen LogP contribution in [-0.4, -0.2) is 45.2 Å². The van der Waals surface area contributed by atoms with Crippen LogP contribution in [0.15, 0.2) is 47.5 Å². The van der Waals surface area contributed by atoms with E-state index in [1.807, 2.05) is 31.2 Å². The highest BCUT2D eigenvalue weighted by Gasteiger charge is 2.46. The summed E-state index contributed by atoms with van der Waals surface area (Å²) in [4.78, 5) is 42.7. The molecule has 1 unspecified atom stereocenters. The average molecular weight is 455 g/mol. The molecule has 1 aliphatic carbocycles. The number of hydrogen-bond acceptors (Lipinski definition) is 7. The van der Waals surface area contributed by atoms with Crippen molar-refractivity contribution in [3.63, 3.8) is 0 Å². The van der Waals surface area contributed by atoms with Gasteiger partial charge in [0.1, 0.15) is 11.0 Å². The molecule has 9 nitrogen and oxygen atoms in total. The first-order valence-corrected chi connectivity index (χ1v) is 11.0. The molecule has 0 radical (unpaired) electrons. The Morgan fingerprint density at radius 2 is 2.06 bits per heavy atom. The summed E-state index contributed by atoms with van der Waals surface area (Å²) < 4.78 is 5.19. The largest absolute Gasteiger partial charge is 0.495 e. The van der Waals surface area contributed by atoms with Crippen molar-refractivity contribution in [3.05, 3.63) is 58.1 Å². The Labute approximate surface area is 189 Å². The van der Waals surface area contributed by atoms with Crippen LogP contribution >= 0.6 is 11.8 Å². The Bertz CT molecular complexity index is 1120. The van der Waals surface area contributed by atoms with Gasteiger partial charge < -0.3 is 10.1 Å². The third-order valence-corrected chi connectivity index (χ3v) is 6.40. The number of hydrogen-bond donors (Lipinski definition) is 1. The fourth-order valence-corrected chi connectivity index (χ4v) is 4.64. The van der Waals surface area contributed by atoms with Gasteiger partial charge in [-0.1, -0.05) is 30.0 Å². The second-order valence-corrected chi connectivity index (χ2v) is 8.79. The van der Waals surface area contributed by atoms with Crippen LogP contribution in [0, 0.1) is 17.0 Å². The quantitative estimate of drug-likeness (QED) is 0.499. The van der Waals surface area contributed by atoms with Crippen LogP contribution in [0.1, 0.15) is 24.8 Å².